The van der Waals surface area contributed by atoms with Gasteiger partial charge in [0.25, 0.3) is 5.91 Å². The molecule has 0 aromatic heterocycles. The molecular formula is C26H24ClF3N2O3. The van der Waals surface area contributed by atoms with Crippen LogP contribution in [-0.4, -0.2) is 11.9 Å². The number of nitrogens with one attached hydrogen (secondary N) is 2. The summed E-state index contributed by atoms with van der Waals surface area (Å²) in [6, 6.07) is 17.0. The average molecular weight is 505 g/mol. The van der Waals surface area contributed by atoms with E-state index in [1.54, 1.807) is 42.5 Å². The molecule has 2 N–H and O–H groups in total. The number of hydrogen-bond acceptors (Lipinski definition) is 3. The van der Waals surface area contributed by atoms with Crippen LogP contribution >= 0.6 is 11.6 Å². The van der Waals surface area contributed by atoms with Crippen molar-refractivity contribution in [1.82, 2.24) is 5.32 Å². The van der Waals surface area contributed by atoms with Crippen molar-refractivity contribution in [2.45, 2.75) is 38.5 Å². The first-order valence-corrected chi connectivity index (χ1v) is 11.4. The number of halogens is 4. The molecule has 3 aromatic rings. The molecular weight excluding hydrogens is 481 g/mol. The molecule has 0 spiro atoms. The second-order valence-corrected chi connectivity index (χ2v) is 8.19. The maximum absolute atomic E-state index is 12.9. The summed E-state index contributed by atoms with van der Waals surface area (Å²) >= 11 is 5.97. The molecule has 3 aromatic carbocycles. The number of hydrogen-bond donors (Lipinski definition) is 2. The van der Waals surface area contributed by atoms with Crippen molar-refractivity contribution in [1.29, 1.82) is 0 Å². The number of rotatable bonds is 8. The summed E-state index contributed by atoms with van der Waals surface area (Å²) in [7, 11) is 0. The first-order chi connectivity index (χ1) is 16.7. The highest BCUT2D eigenvalue weighted by atomic mass is 35.5. The average Bonchev–Trinajstić information content (AvgIpc) is 2.82. The standard InChI is InChI=1S/C26H24ClF3N2O3/c1-2-3-8-23(17-9-11-18(12-10-17)26(28,29)30)35-20-15-13-19(14-16-20)31-25(34)32-24(33)21-6-4-5-7-22(21)27/h4-7,9-16,23H,2-3,8H2,1H3,(H2,31,32,33,34). The van der Waals surface area contributed by atoms with Gasteiger partial charge in [0.1, 0.15) is 11.9 Å². The molecule has 0 saturated carbocycles. The van der Waals surface area contributed by atoms with E-state index in [9.17, 15) is 22.8 Å². The van der Waals surface area contributed by atoms with E-state index in [1.807, 2.05) is 6.92 Å². The summed E-state index contributed by atoms with van der Waals surface area (Å²) < 4.78 is 44.7. The zero-order valence-corrected chi connectivity index (χ0v) is 19.6. The van der Waals surface area contributed by atoms with Gasteiger partial charge in [0.05, 0.1) is 16.1 Å². The third-order valence-corrected chi connectivity index (χ3v) is 5.50. The molecule has 1 unspecified atom stereocenters. The number of urea groups is 1. The van der Waals surface area contributed by atoms with E-state index >= 15 is 0 Å². The van der Waals surface area contributed by atoms with Gasteiger partial charge < -0.3 is 10.1 Å². The molecule has 3 amide bonds. The van der Waals surface area contributed by atoms with Crippen molar-refractivity contribution < 1.29 is 27.5 Å². The minimum Gasteiger partial charge on any atom is -0.486 e. The van der Waals surface area contributed by atoms with Gasteiger partial charge >= 0.3 is 12.2 Å². The highest BCUT2D eigenvalue weighted by Crippen LogP contribution is 2.32. The van der Waals surface area contributed by atoms with E-state index in [2.05, 4.69) is 10.6 Å². The van der Waals surface area contributed by atoms with Crippen LogP contribution in [0.2, 0.25) is 5.02 Å². The maximum atomic E-state index is 12.9. The summed E-state index contributed by atoms with van der Waals surface area (Å²) in [6.07, 6.45) is -2.44. The summed E-state index contributed by atoms with van der Waals surface area (Å²) in [5.41, 5.74) is 0.527. The molecule has 9 heteroatoms. The summed E-state index contributed by atoms with van der Waals surface area (Å²) in [4.78, 5) is 24.4. The van der Waals surface area contributed by atoms with E-state index in [0.29, 0.717) is 23.4 Å². The van der Waals surface area contributed by atoms with Crippen LogP contribution in [-0.2, 0) is 6.18 Å². The number of carbonyl (C=O) groups is 2. The number of benzene rings is 3. The number of carbonyl (C=O) groups excluding carboxylic acids is 2. The van der Waals surface area contributed by atoms with Crippen molar-refractivity contribution in [3.8, 4) is 5.75 Å². The van der Waals surface area contributed by atoms with Gasteiger partial charge in [-0.15, -0.1) is 0 Å². The molecule has 184 valence electrons. The molecule has 0 bridgehead atoms. The molecule has 0 aliphatic rings. The Balaban J connectivity index is 1.63. The Bertz CT molecular complexity index is 1150. The first-order valence-electron chi connectivity index (χ1n) is 11.0. The molecule has 0 saturated heterocycles. The van der Waals surface area contributed by atoms with Gasteiger partial charge in [-0.2, -0.15) is 13.2 Å². The predicted octanol–water partition coefficient (Wildman–Crippen LogP) is 7.63. The number of amides is 3. The molecule has 0 aliphatic carbocycles. The topological polar surface area (TPSA) is 67.4 Å². The van der Waals surface area contributed by atoms with Crippen LogP contribution in [0.1, 0.15) is 53.8 Å². The molecule has 0 aliphatic heterocycles. The maximum Gasteiger partial charge on any atom is 0.416 e. The zero-order chi connectivity index (χ0) is 25.4. The first kappa shape index (κ1) is 26.1. The van der Waals surface area contributed by atoms with Crippen molar-refractivity contribution in [3.05, 3.63) is 94.5 Å². The lowest BCUT2D eigenvalue weighted by Gasteiger charge is -2.20. The largest absolute Gasteiger partial charge is 0.486 e. The van der Waals surface area contributed by atoms with Gasteiger partial charge in [0, 0.05) is 5.69 Å². The van der Waals surface area contributed by atoms with E-state index < -0.39 is 29.8 Å². The quantitative estimate of drug-likeness (QED) is 0.331. The molecule has 0 fully saturated rings. The van der Waals surface area contributed by atoms with Crippen LogP contribution in [0.25, 0.3) is 0 Å². The van der Waals surface area contributed by atoms with Crippen LogP contribution in [0, 0.1) is 0 Å². The Hall–Kier alpha value is -3.52. The van der Waals surface area contributed by atoms with Gasteiger partial charge in [-0.25, -0.2) is 4.79 Å². The van der Waals surface area contributed by atoms with Crippen LogP contribution in [0.5, 0.6) is 5.75 Å². The second-order valence-electron chi connectivity index (χ2n) is 7.78. The van der Waals surface area contributed by atoms with Crippen molar-refractivity contribution >= 4 is 29.2 Å². The van der Waals surface area contributed by atoms with Crippen molar-refractivity contribution in [2.75, 3.05) is 5.32 Å². The minimum absolute atomic E-state index is 0.175. The lowest BCUT2D eigenvalue weighted by atomic mass is 10.0. The van der Waals surface area contributed by atoms with Gasteiger partial charge in [-0.3, -0.25) is 10.1 Å². The van der Waals surface area contributed by atoms with Crippen molar-refractivity contribution in [2.24, 2.45) is 0 Å². The zero-order valence-electron chi connectivity index (χ0n) is 18.9. The van der Waals surface area contributed by atoms with Crippen LogP contribution in [0.3, 0.4) is 0 Å². The molecule has 0 heterocycles. The highest BCUT2D eigenvalue weighted by molar-refractivity contribution is 6.34. The molecule has 35 heavy (non-hydrogen) atoms. The number of ether oxygens (including phenoxy) is 1. The van der Waals surface area contributed by atoms with Crippen LogP contribution in [0.4, 0.5) is 23.7 Å². The number of unbranched alkanes of at least 4 members (excludes halogenated alkanes) is 1. The lowest BCUT2D eigenvalue weighted by molar-refractivity contribution is -0.137. The molecule has 0 radical (unpaired) electrons. The lowest BCUT2D eigenvalue weighted by Crippen LogP contribution is -2.34. The highest BCUT2D eigenvalue weighted by Gasteiger charge is 2.30. The Labute approximate surface area is 206 Å². The van der Waals surface area contributed by atoms with E-state index in [0.717, 1.165) is 25.0 Å². The normalized spacial score (nSPS) is 12.0. The number of anilines is 1. The van der Waals surface area contributed by atoms with Gasteiger partial charge in [0.2, 0.25) is 0 Å². The van der Waals surface area contributed by atoms with E-state index in [4.69, 9.17) is 16.3 Å². The van der Waals surface area contributed by atoms with E-state index in [-0.39, 0.29) is 10.6 Å². The Kier molecular flexibility index (Phi) is 8.76. The Morgan fingerprint density at radius 3 is 2.23 bits per heavy atom. The van der Waals surface area contributed by atoms with Gasteiger partial charge in [-0.05, 0) is 66.9 Å². The third kappa shape index (κ3) is 7.48. The van der Waals surface area contributed by atoms with Crippen LogP contribution in [0.15, 0.2) is 72.8 Å². The fourth-order valence-electron chi connectivity index (χ4n) is 3.33. The number of imide groups is 1. The smallest absolute Gasteiger partial charge is 0.416 e. The molecule has 1 atom stereocenters. The van der Waals surface area contributed by atoms with E-state index in [1.165, 1.54) is 18.2 Å². The summed E-state index contributed by atoms with van der Waals surface area (Å²) in [6.45, 7) is 2.02. The van der Waals surface area contributed by atoms with Gasteiger partial charge in [-0.1, -0.05) is 49.2 Å². The second kappa shape index (κ2) is 11.8. The Morgan fingerprint density at radius 2 is 1.63 bits per heavy atom. The summed E-state index contributed by atoms with van der Waals surface area (Å²) in [5.74, 6) is -0.146. The molecule has 5 nitrogen and oxygen atoms in total. The Morgan fingerprint density at radius 1 is 0.971 bits per heavy atom. The monoisotopic (exact) mass is 504 g/mol. The SMILES string of the molecule is CCCCC(Oc1ccc(NC(=O)NC(=O)c2ccccc2Cl)cc1)c1ccc(C(F)(F)F)cc1. The molecule has 3 rings (SSSR count). The fourth-order valence-corrected chi connectivity index (χ4v) is 3.55. The van der Waals surface area contributed by atoms with Crippen LogP contribution < -0.4 is 15.4 Å². The summed E-state index contributed by atoms with van der Waals surface area (Å²) in [5, 5.41) is 4.99. The van der Waals surface area contributed by atoms with Gasteiger partial charge in [0.15, 0.2) is 0 Å². The minimum atomic E-state index is -4.40. The third-order valence-electron chi connectivity index (χ3n) is 5.17. The fraction of sp³-hybridized carbons (Fsp3) is 0.231. The van der Waals surface area contributed by atoms with Crippen molar-refractivity contribution in [3.63, 3.8) is 0 Å². The predicted molar refractivity (Wildman–Crippen MR) is 129 cm³/mol. The number of alkyl halides is 3.